The summed E-state index contributed by atoms with van der Waals surface area (Å²) >= 11 is 1.53. The Morgan fingerprint density at radius 3 is 2.81 bits per heavy atom. The van der Waals surface area contributed by atoms with Crippen LogP contribution in [-0.4, -0.2) is 15.4 Å². The van der Waals surface area contributed by atoms with Crippen LogP contribution >= 0.6 is 11.3 Å². The summed E-state index contributed by atoms with van der Waals surface area (Å²) in [4.78, 5) is 9.65. The van der Waals surface area contributed by atoms with E-state index in [-0.39, 0.29) is 5.82 Å². The Balaban J connectivity index is 1.84. The molecule has 4 nitrogen and oxygen atoms in total. The molecular weight excluding hydrogens is 359 g/mol. The van der Waals surface area contributed by atoms with Gasteiger partial charge >= 0.3 is 0 Å². The molecule has 3 aromatic rings. The Hall–Kier alpha value is -2.60. The number of halogens is 1. The highest BCUT2D eigenvalue weighted by Gasteiger charge is 2.16. The monoisotopic (exact) mass is 380 g/mol. The first-order chi connectivity index (χ1) is 13.2. The lowest BCUT2D eigenvalue weighted by atomic mass is 9.89. The van der Waals surface area contributed by atoms with E-state index in [0.29, 0.717) is 5.92 Å². The van der Waals surface area contributed by atoms with Gasteiger partial charge in [-0.05, 0) is 68.0 Å². The molecule has 0 radical (unpaired) electrons. The van der Waals surface area contributed by atoms with Crippen LogP contribution in [0.15, 0.2) is 64.3 Å². The van der Waals surface area contributed by atoms with Crippen molar-refractivity contribution in [2.45, 2.75) is 32.6 Å². The van der Waals surface area contributed by atoms with Gasteiger partial charge in [0.25, 0.3) is 0 Å². The van der Waals surface area contributed by atoms with Crippen LogP contribution in [0.25, 0.3) is 11.3 Å². The van der Waals surface area contributed by atoms with Crippen molar-refractivity contribution in [3.63, 3.8) is 0 Å². The summed E-state index contributed by atoms with van der Waals surface area (Å²) < 4.78 is 15.3. The molecule has 2 heterocycles. The summed E-state index contributed by atoms with van der Waals surface area (Å²) in [5.41, 5.74) is 3.83. The van der Waals surface area contributed by atoms with Crippen LogP contribution in [0.4, 0.5) is 10.1 Å². The van der Waals surface area contributed by atoms with Crippen molar-refractivity contribution >= 4 is 22.7 Å². The molecule has 0 amide bonds. The molecule has 1 unspecified atom stereocenters. The molecule has 1 aliphatic carbocycles. The SMILES string of the molecule is CC1CCCC(=Nn2c(-c3ccc(F)cc3)csc2=Nc2cccnc2)C1. The molecule has 1 saturated carbocycles. The second-order valence-corrected chi connectivity index (χ2v) is 7.75. The fourth-order valence-electron chi connectivity index (χ4n) is 3.32. The van der Waals surface area contributed by atoms with Gasteiger partial charge in [-0.25, -0.2) is 14.1 Å². The lowest BCUT2D eigenvalue weighted by Crippen LogP contribution is -2.18. The number of thiazole rings is 1. The van der Waals surface area contributed by atoms with Crippen LogP contribution in [0.3, 0.4) is 0 Å². The van der Waals surface area contributed by atoms with E-state index >= 15 is 0 Å². The van der Waals surface area contributed by atoms with Gasteiger partial charge in [0.05, 0.1) is 17.6 Å². The van der Waals surface area contributed by atoms with Gasteiger partial charge in [-0.1, -0.05) is 6.92 Å². The predicted molar refractivity (Wildman–Crippen MR) is 108 cm³/mol. The number of pyridine rings is 1. The number of benzene rings is 1. The van der Waals surface area contributed by atoms with Crippen LogP contribution in [0.2, 0.25) is 0 Å². The number of aromatic nitrogens is 2. The summed E-state index contributed by atoms with van der Waals surface area (Å²) in [6.45, 7) is 2.27. The third kappa shape index (κ3) is 4.22. The van der Waals surface area contributed by atoms with E-state index in [1.54, 1.807) is 24.5 Å². The highest BCUT2D eigenvalue weighted by atomic mass is 32.1. The van der Waals surface area contributed by atoms with Gasteiger partial charge in [-0.3, -0.25) is 4.98 Å². The quantitative estimate of drug-likeness (QED) is 0.600. The van der Waals surface area contributed by atoms with Crippen molar-refractivity contribution in [3.05, 3.63) is 64.8 Å². The van der Waals surface area contributed by atoms with Gasteiger partial charge in [0.2, 0.25) is 4.80 Å². The minimum atomic E-state index is -0.242. The Morgan fingerprint density at radius 2 is 2.07 bits per heavy atom. The second-order valence-electron chi connectivity index (χ2n) is 6.91. The van der Waals surface area contributed by atoms with Crippen molar-refractivity contribution in [3.8, 4) is 11.3 Å². The number of hydrogen-bond acceptors (Lipinski definition) is 4. The van der Waals surface area contributed by atoms with Crippen molar-refractivity contribution < 1.29 is 4.39 Å². The van der Waals surface area contributed by atoms with Crippen molar-refractivity contribution in [2.24, 2.45) is 16.0 Å². The maximum absolute atomic E-state index is 13.4. The second kappa shape index (κ2) is 7.96. The van der Waals surface area contributed by atoms with Crippen LogP contribution in [0, 0.1) is 11.7 Å². The molecule has 4 rings (SSSR count). The lowest BCUT2D eigenvalue weighted by molar-refractivity contribution is 0.497. The zero-order valence-corrected chi connectivity index (χ0v) is 16.0. The first-order valence-corrected chi connectivity index (χ1v) is 10.0. The zero-order valence-electron chi connectivity index (χ0n) is 15.2. The normalized spacial score (nSPS) is 19.6. The Bertz CT molecular complexity index is 1000. The molecule has 2 aromatic heterocycles. The van der Waals surface area contributed by atoms with E-state index in [2.05, 4.69) is 11.9 Å². The minimum absolute atomic E-state index is 0.242. The van der Waals surface area contributed by atoms with E-state index in [0.717, 1.165) is 34.6 Å². The van der Waals surface area contributed by atoms with Gasteiger partial charge in [0, 0.05) is 22.9 Å². The summed E-state index contributed by atoms with van der Waals surface area (Å²) in [6, 6.07) is 10.3. The topological polar surface area (TPSA) is 42.5 Å². The van der Waals surface area contributed by atoms with Crippen LogP contribution in [0.1, 0.15) is 32.6 Å². The van der Waals surface area contributed by atoms with Gasteiger partial charge in [-0.2, -0.15) is 5.10 Å². The smallest absolute Gasteiger partial charge is 0.211 e. The third-order valence-corrected chi connectivity index (χ3v) is 5.50. The Morgan fingerprint density at radius 1 is 1.22 bits per heavy atom. The lowest BCUT2D eigenvalue weighted by Gasteiger charge is -2.19. The van der Waals surface area contributed by atoms with Gasteiger partial charge in [-0.15, -0.1) is 11.3 Å². The fourth-order valence-corrected chi connectivity index (χ4v) is 4.17. The van der Waals surface area contributed by atoms with E-state index in [1.807, 2.05) is 22.2 Å². The van der Waals surface area contributed by atoms with Gasteiger partial charge < -0.3 is 0 Å². The molecule has 1 aliphatic rings. The first kappa shape index (κ1) is 17.8. The highest BCUT2D eigenvalue weighted by Crippen LogP contribution is 2.24. The van der Waals surface area contributed by atoms with E-state index in [9.17, 15) is 4.39 Å². The molecule has 0 spiro atoms. The van der Waals surface area contributed by atoms with Crippen LogP contribution < -0.4 is 4.80 Å². The molecule has 0 bridgehead atoms. The van der Waals surface area contributed by atoms with Crippen LogP contribution in [0.5, 0.6) is 0 Å². The molecular formula is C21H21FN4S. The molecule has 138 valence electrons. The zero-order chi connectivity index (χ0) is 18.6. The fraction of sp³-hybridized carbons (Fsp3) is 0.286. The molecule has 0 saturated heterocycles. The van der Waals surface area contributed by atoms with E-state index < -0.39 is 0 Å². The molecule has 1 fully saturated rings. The molecule has 0 N–H and O–H groups in total. The molecule has 1 aromatic carbocycles. The molecule has 27 heavy (non-hydrogen) atoms. The average Bonchev–Trinajstić information content (AvgIpc) is 3.05. The van der Waals surface area contributed by atoms with Crippen molar-refractivity contribution in [1.29, 1.82) is 0 Å². The third-order valence-electron chi connectivity index (χ3n) is 4.68. The molecule has 6 heteroatoms. The summed E-state index contributed by atoms with van der Waals surface area (Å²) in [7, 11) is 0. The largest absolute Gasteiger partial charge is 0.262 e. The average molecular weight is 380 g/mol. The maximum atomic E-state index is 13.4. The summed E-state index contributed by atoms with van der Waals surface area (Å²) in [6.07, 6.45) is 7.92. The number of nitrogens with zero attached hydrogens (tertiary/aromatic N) is 4. The first-order valence-electron chi connectivity index (χ1n) is 9.17. The predicted octanol–water partition coefficient (Wildman–Crippen LogP) is 5.40. The standard InChI is InChI=1S/C21H21FN4S/c1-15-4-2-5-18(12-15)25-26-20(16-7-9-17(22)10-8-16)14-27-21(26)24-19-6-3-11-23-13-19/h3,6-11,13-15H,2,4-5,12H2,1H3. The molecule has 0 aliphatic heterocycles. The van der Waals surface area contributed by atoms with Gasteiger partial charge in [0.15, 0.2) is 0 Å². The summed E-state index contributed by atoms with van der Waals surface area (Å²) in [5.74, 6) is 0.415. The maximum Gasteiger partial charge on any atom is 0.211 e. The van der Waals surface area contributed by atoms with E-state index in [1.165, 1.54) is 42.0 Å². The van der Waals surface area contributed by atoms with E-state index in [4.69, 9.17) is 10.1 Å². The Labute approximate surface area is 161 Å². The number of rotatable bonds is 3. The van der Waals surface area contributed by atoms with Crippen molar-refractivity contribution in [2.75, 3.05) is 0 Å². The van der Waals surface area contributed by atoms with Gasteiger partial charge in [0.1, 0.15) is 5.82 Å². The minimum Gasteiger partial charge on any atom is -0.262 e. The van der Waals surface area contributed by atoms with Crippen molar-refractivity contribution in [1.82, 2.24) is 9.66 Å². The molecule has 1 atom stereocenters. The van der Waals surface area contributed by atoms with Crippen LogP contribution in [-0.2, 0) is 0 Å². The highest BCUT2D eigenvalue weighted by molar-refractivity contribution is 7.07. The number of hydrogen-bond donors (Lipinski definition) is 0. The Kier molecular flexibility index (Phi) is 5.25. The summed E-state index contributed by atoms with van der Waals surface area (Å²) in [5, 5.41) is 6.99.